The molecule has 0 bridgehead atoms. The number of likely N-dealkylation sites (tertiary alicyclic amines) is 1. The topological polar surface area (TPSA) is 59.8 Å². The van der Waals surface area contributed by atoms with Crippen molar-refractivity contribution >= 4 is 17.2 Å². The third-order valence-corrected chi connectivity index (χ3v) is 5.16. The number of carbonyl (C=O) groups excluding carboxylic acids is 1. The van der Waals surface area contributed by atoms with Crippen molar-refractivity contribution in [3.8, 4) is 16.2 Å². The first-order valence-corrected chi connectivity index (χ1v) is 9.18. The van der Waals surface area contributed by atoms with Crippen LogP contribution in [0.4, 0.5) is 0 Å². The highest BCUT2D eigenvalue weighted by atomic mass is 32.1. The van der Waals surface area contributed by atoms with Crippen LogP contribution in [0.2, 0.25) is 0 Å². The van der Waals surface area contributed by atoms with Gasteiger partial charge in [0, 0.05) is 16.5 Å². The number of ether oxygens (including phenoxy) is 1. The molecule has 0 unspecified atom stereocenters. The molecule has 0 spiro atoms. The van der Waals surface area contributed by atoms with Crippen molar-refractivity contribution in [3.63, 3.8) is 0 Å². The van der Waals surface area contributed by atoms with Gasteiger partial charge in [-0.1, -0.05) is 18.2 Å². The van der Waals surface area contributed by atoms with E-state index in [0.29, 0.717) is 30.2 Å². The quantitative estimate of drug-likeness (QED) is 0.707. The van der Waals surface area contributed by atoms with Gasteiger partial charge in [0.05, 0.1) is 19.2 Å². The van der Waals surface area contributed by atoms with Gasteiger partial charge in [-0.2, -0.15) is 0 Å². The van der Waals surface area contributed by atoms with Gasteiger partial charge in [-0.05, 0) is 36.1 Å². The summed E-state index contributed by atoms with van der Waals surface area (Å²) in [7, 11) is 0. The van der Waals surface area contributed by atoms with Gasteiger partial charge in [-0.25, -0.2) is 4.79 Å². The second kappa shape index (κ2) is 6.80. The number of hydrogen-bond donors (Lipinski definition) is 0. The van der Waals surface area contributed by atoms with Crippen molar-refractivity contribution in [2.45, 2.75) is 13.0 Å². The Morgan fingerprint density at radius 2 is 1.96 bits per heavy atom. The minimum absolute atomic E-state index is 0.00802. The number of hydrogen-bond acceptors (Lipinski definition) is 5. The Labute approximate surface area is 154 Å². The molecule has 1 aliphatic heterocycles. The van der Waals surface area contributed by atoms with E-state index in [1.165, 1.54) is 10.9 Å². The van der Waals surface area contributed by atoms with Crippen molar-refractivity contribution in [1.82, 2.24) is 4.90 Å². The molecule has 2 aromatic heterocycles. The molecular formula is C20H17NO4S. The second-order valence-corrected chi connectivity index (χ2v) is 7.18. The minimum Gasteiger partial charge on any atom is -0.486 e. The standard InChI is InChI=1S/C20H17NO4S/c1-13-9-16(10-19(22)24-13)25-17-11-21(12-17)20(23)15-6-4-14(5-7-15)18-3-2-8-26-18/h2-10,17H,11-12H2,1H3. The maximum absolute atomic E-state index is 12.5. The van der Waals surface area contributed by atoms with Gasteiger partial charge in [-0.15, -0.1) is 11.3 Å². The highest BCUT2D eigenvalue weighted by Crippen LogP contribution is 2.26. The zero-order chi connectivity index (χ0) is 18.1. The third-order valence-electron chi connectivity index (χ3n) is 4.24. The van der Waals surface area contributed by atoms with Crippen LogP contribution in [0.25, 0.3) is 10.4 Å². The van der Waals surface area contributed by atoms with Crippen molar-refractivity contribution in [2.75, 3.05) is 13.1 Å². The predicted molar refractivity (Wildman–Crippen MR) is 99.8 cm³/mol. The number of thiophene rings is 1. The Kier molecular flexibility index (Phi) is 4.34. The van der Waals surface area contributed by atoms with Crippen LogP contribution in [-0.4, -0.2) is 30.0 Å². The minimum atomic E-state index is -0.432. The molecule has 3 heterocycles. The molecule has 0 saturated carbocycles. The van der Waals surface area contributed by atoms with Crippen LogP contribution in [0.3, 0.4) is 0 Å². The lowest BCUT2D eigenvalue weighted by Crippen LogP contribution is -2.56. The Bertz CT molecular complexity index is 970. The Morgan fingerprint density at radius 1 is 1.19 bits per heavy atom. The number of rotatable bonds is 4. The molecule has 132 valence electrons. The monoisotopic (exact) mass is 367 g/mol. The molecule has 0 N–H and O–H groups in total. The van der Waals surface area contributed by atoms with Crippen molar-refractivity contribution < 1.29 is 13.9 Å². The number of aryl methyl sites for hydroxylation is 1. The lowest BCUT2D eigenvalue weighted by Gasteiger charge is -2.39. The number of nitrogens with zero attached hydrogens (tertiary/aromatic N) is 1. The van der Waals surface area contributed by atoms with E-state index >= 15 is 0 Å². The van der Waals surface area contributed by atoms with Crippen LogP contribution < -0.4 is 10.4 Å². The van der Waals surface area contributed by atoms with Gasteiger partial charge in [0.25, 0.3) is 5.91 Å². The smallest absolute Gasteiger partial charge is 0.339 e. The van der Waals surface area contributed by atoms with Gasteiger partial charge < -0.3 is 14.1 Å². The number of carbonyl (C=O) groups is 1. The summed E-state index contributed by atoms with van der Waals surface area (Å²) in [5.74, 6) is 0.980. The van der Waals surface area contributed by atoms with Crippen LogP contribution >= 0.6 is 11.3 Å². The lowest BCUT2D eigenvalue weighted by atomic mass is 10.1. The van der Waals surface area contributed by atoms with Crippen LogP contribution in [0, 0.1) is 6.92 Å². The summed E-state index contributed by atoms with van der Waals surface area (Å²) in [6, 6.07) is 14.7. The summed E-state index contributed by atoms with van der Waals surface area (Å²) in [6.07, 6.45) is -0.106. The normalized spacial score (nSPS) is 14.1. The first-order chi connectivity index (χ1) is 12.6. The molecule has 6 heteroatoms. The maximum Gasteiger partial charge on any atom is 0.339 e. The second-order valence-electron chi connectivity index (χ2n) is 6.23. The summed E-state index contributed by atoms with van der Waals surface area (Å²) in [5, 5.41) is 2.03. The molecule has 26 heavy (non-hydrogen) atoms. The van der Waals surface area contributed by atoms with Crippen LogP contribution in [-0.2, 0) is 0 Å². The van der Waals surface area contributed by atoms with Gasteiger partial charge >= 0.3 is 5.63 Å². The molecule has 0 atom stereocenters. The van der Waals surface area contributed by atoms with E-state index in [4.69, 9.17) is 9.15 Å². The Hall–Kier alpha value is -2.86. The van der Waals surface area contributed by atoms with E-state index in [1.807, 2.05) is 35.7 Å². The van der Waals surface area contributed by atoms with Crippen molar-refractivity contribution in [2.24, 2.45) is 0 Å². The summed E-state index contributed by atoms with van der Waals surface area (Å²) >= 11 is 1.67. The van der Waals surface area contributed by atoms with Crippen LogP contribution in [0.5, 0.6) is 5.75 Å². The van der Waals surface area contributed by atoms with Crippen LogP contribution in [0.1, 0.15) is 16.1 Å². The SMILES string of the molecule is Cc1cc(OC2CN(C(=O)c3ccc(-c4cccs4)cc3)C2)cc(=O)o1. The molecular weight excluding hydrogens is 350 g/mol. The molecule has 1 saturated heterocycles. The van der Waals surface area contributed by atoms with Gasteiger partial charge in [0.15, 0.2) is 0 Å². The molecule has 1 amide bonds. The Balaban J connectivity index is 1.36. The zero-order valence-electron chi connectivity index (χ0n) is 14.2. The average molecular weight is 367 g/mol. The first kappa shape index (κ1) is 16.6. The molecule has 1 fully saturated rings. The Morgan fingerprint density at radius 3 is 2.62 bits per heavy atom. The fourth-order valence-electron chi connectivity index (χ4n) is 2.92. The zero-order valence-corrected chi connectivity index (χ0v) is 15.0. The highest BCUT2D eigenvalue weighted by Gasteiger charge is 2.33. The number of amides is 1. The molecule has 5 nitrogen and oxygen atoms in total. The highest BCUT2D eigenvalue weighted by molar-refractivity contribution is 7.13. The largest absolute Gasteiger partial charge is 0.486 e. The molecule has 0 aliphatic carbocycles. The van der Waals surface area contributed by atoms with E-state index in [-0.39, 0.29) is 12.0 Å². The first-order valence-electron chi connectivity index (χ1n) is 8.30. The molecule has 0 radical (unpaired) electrons. The third kappa shape index (κ3) is 3.41. The fourth-order valence-corrected chi connectivity index (χ4v) is 3.65. The molecule has 1 aromatic carbocycles. The van der Waals surface area contributed by atoms with Gasteiger partial charge in [-0.3, -0.25) is 4.79 Å². The van der Waals surface area contributed by atoms with E-state index in [2.05, 4.69) is 6.07 Å². The maximum atomic E-state index is 12.5. The summed E-state index contributed by atoms with van der Waals surface area (Å²) < 4.78 is 10.6. The predicted octanol–water partition coefficient (Wildman–Crippen LogP) is 3.58. The summed E-state index contributed by atoms with van der Waals surface area (Å²) in [6.45, 7) is 2.71. The van der Waals surface area contributed by atoms with E-state index in [0.717, 1.165) is 5.56 Å². The fraction of sp³-hybridized carbons (Fsp3) is 0.200. The number of benzene rings is 1. The van der Waals surface area contributed by atoms with Crippen molar-refractivity contribution in [1.29, 1.82) is 0 Å². The molecule has 1 aliphatic rings. The van der Waals surface area contributed by atoms with E-state index in [9.17, 15) is 9.59 Å². The molecule has 3 aromatic rings. The van der Waals surface area contributed by atoms with Crippen molar-refractivity contribution in [3.05, 3.63) is 75.7 Å². The lowest BCUT2D eigenvalue weighted by molar-refractivity contribution is 0.0175. The summed E-state index contributed by atoms with van der Waals surface area (Å²) in [5.41, 5.74) is 1.35. The van der Waals surface area contributed by atoms with Gasteiger partial charge in [0.2, 0.25) is 0 Å². The molecule has 4 rings (SSSR count). The van der Waals surface area contributed by atoms with E-state index in [1.54, 1.807) is 29.2 Å². The summed E-state index contributed by atoms with van der Waals surface area (Å²) in [4.78, 5) is 26.8. The van der Waals surface area contributed by atoms with Crippen LogP contribution in [0.15, 0.2) is 63.1 Å². The average Bonchev–Trinajstić information content (AvgIpc) is 3.11. The van der Waals surface area contributed by atoms with E-state index < -0.39 is 5.63 Å². The van der Waals surface area contributed by atoms with Gasteiger partial charge in [0.1, 0.15) is 17.6 Å².